The minimum Gasteiger partial charge on any atom is -0.497 e. The number of Topliss-reactive ketones (excluding diaryl/α,β-unsaturated/α-hetero) is 1. The van der Waals surface area contributed by atoms with E-state index < -0.39 is 10.8 Å². The van der Waals surface area contributed by atoms with Gasteiger partial charge in [0.1, 0.15) is 11.5 Å². The number of rotatable bonds is 3. The molecule has 0 aliphatic heterocycles. The number of amides is 1. The molecule has 0 saturated heterocycles. The number of carbonyl (C=O) groups excluding carboxylic acids is 2. The predicted octanol–water partition coefficient (Wildman–Crippen LogP) is 4.03. The Kier molecular flexibility index (Phi) is 3.33. The second-order valence-electron chi connectivity index (χ2n) is 7.95. The van der Waals surface area contributed by atoms with Crippen LogP contribution in [0.1, 0.15) is 40.0 Å². The average molecular weight is 358 g/mol. The fraction of sp³-hybridized carbons (Fsp3) is 0.526. The number of nitrogens with zero attached hydrogens (tertiary/aromatic N) is 1. The summed E-state index contributed by atoms with van der Waals surface area (Å²) in [5, 5.41) is 3.57. The quantitative estimate of drug-likeness (QED) is 0.899. The molecule has 1 aromatic carbocycles. The van der Waals surface area contributed by atoms with Crippen LogP contribution in [0.15, 0.2) is 18.2 Å². The van der Waals surface area contributed by atoms with Gasteiger partial charge in [0.25, 0.3) is 0 Å². The van der Waals surface area contributed by atoms with E-state index in [0.717, 1.165) is 28.8 Å². The van der Waals surface area contributed by atoms with Crippen molar-refractivity contribution in [1.29, 1.82) is 0 Å². The van der Waals surface area contributed by atoms with Gasteiger partial charge in [-0.25, -0.2) is 4.98 Å². The first-order valence-corrected chi connectivity index (χ1v) is 9.34. The Labute approximate surface area is 150 Å². The van der Waals surface area contributed by atoms with Crippen LogP contribution in [0.2, 0.25) is 0 Å². The summed E-state index contributed by atoms with van der Waals surface area (Å²) in [6, 6.07) is 5.65. The van der Waals surface area contributed by atoms with E-state index in [-0.39, 0.29) is 17.1 Å². The molecule has 0 spiro atoms. The highest BCUT2D eigenvalue weighted by atomic mass is 32.1. The maximum absolute atomic E-state index is 13.2. The van der Waals surface area contributed by atoms with Gasteiger partial charge in [-0.1, -0.05) is 32.1 Å². The summed E-state index contributed by atoms with van der Waals surface area (Å²) in [5.41, 5.74) is -0.544. The number of hydrogen-bond acceptors (Lipinski definition) is 5. The Bertz CT molecular complexity index is 903. The molecule has 2 fully saturated rings. The molecule has 1 amide bonds. The van der Waals surface area contributed by atoms with Crippen LogP contribution in [0.5, 0.6) is 5.75 Å². The van der Waals surface area contributed by atoms with Gasteiger partial charge in [-0.2, -0.15) is 0 Å². The van der Waals surface area contributed by atoms with E-state index in [1.165, 1.54) is 11.3 Å². The second kappa shape index (κ2) is 5.04. The molecule has 2 bridgehead atoms. The van der Waals surface area contributed by atoms with Crippen LogP contribution in [-0.2, 0) is 9.59 Å². The van der Waals surface area contributed by atoms with Crippen LogP contribution >= 0.6 is 11.3 Å². The number of methoxy groups -OCH3 is 1. The van der Waals surface area contributed by atoms with Crippen LogP contribution < -0.4 is 10.1 Å². The third kappa shape index (κ3) is 1.97. The summed E-state index contributed by atoms with van der Waals surface area (Å²) < 4.78 is 6.20. The molecule has 1 N–H and O–H groups in total. The normalized spacial score (nSPS) is 30.0. The van der Waals surface area contributed by atoms with Gasteiger partial charge in [-0.3, -0.25) is 9.59 Å². The zero-order valence-electron chi connectivity index (χ0n) is 14.9. The van der Waals surface area contributed by atoms with Crippen molar-refractivity contribution in [2.45, 2.75) is 40.0 Å². The zero-order chi connectivity index (χ0) is 18.0. The van der Waals surface area contributed by atoms with Crippen LogP contribution in [0.3, 0.4) is 0 Å². The van der Waals surface area contributed by atoms with Gasteiger partial charge in [0.15, 0.2) is 5.13 Å². The molecule has 0 radical (unpaired) electrons. The molecule has 6 heteroatoms. The number of benzene rings is 1. The van der Waals surface area contributed by atoms with Crippen molar-refractivity contribution >= 4 is 38.4 Å². The van der Waals surface area contributed by atoms with Crippen molar-refractivity contribution in [2.75, 3.05) is 12.4 Å². The van der Waals surface area contributed by atoms with Crippen molar-refractivity contribution in [1.82, 2.24) is 4.98 Å². The van der Waals surface area contributed by atoms with Crippen molar-refractivity contribution in [3.63, 3.8) is 0 Å². The number of thiazole rings is 1. The minimum absolute atomic E-state index is 0.0712. The van der Waals surface area contributed by atoms with E-state index >= 15 is 0 Å². The molecule has 2 atom stereocenters. The van der Waals surface area contributed by atoms with E-state index in [1.807, 2.05) is 25.1 Å². The number of aromatic nitrogens is 1. The Balaban J connectivity index is 1.66. The Hall–Kier alpha value is -1.95. The standard InChI is InChI=1S/C19H22N2O3S/c1-17(2)18(3)7-8-19(17,10-14(18)22)15(23)21-16-20-12-6-5-11(24-4)9-13(12)25-16/h5-6,9H,7-8,10H2,1-4H3,(H,20,21,23)/t18-,19-/m0/s1. The highest BCUT2D eigenvalue weighted by Crippen LogP contribution is 2.70. The molecule has 2 aromatic rings. The number of ketones is 1. The summed E-state index contributed by atoms with van der Waals surface area (Å²) in [5.74, 6) is 0.910. The van der Waals surface area contributed by atoms with Gasteiger partial charge in [0.2, 0.25) is 5.91 Å². The maximum Gasteiger partial charge on any atom is 0.233 e. The molecule has 25 heavy (non-hydrogen) atoms. The van der Waals surface area contributed by atoms with Crippen LogP contribution in [-0.4, -0.2) is 23.8 Å². The van der Waals surface area contributed by atoms with Crippen molar-refractivity contribution < 1.29 is 14.3 Å². The van der Waals surface area contributed by atoms with Gasteiger partial charge in [-0.05, 0) is 36.5 Å². The van der Waals surface area contributed by atoms with E-state index in [2.05, 4.69) is 24.1 Å². The van der Waals surface area contributed by atoms with Gasteiger partial charge >= 0.3 is 0 Å². The van der Waals surface area contributed by atoms with Crippen molar-refractivity contribution in [3.8, 4) is 5.75 Å². The van der Waals surface area contributed by atoms with Crippen LogP contribution in [0.25, 0.3) is 10.2 Å². The first-order valence-electron chi connectivity index (χ1n) is 8.53. The molecular formula is C19H22N2O3S. The lowest BCUT2D eigenvalue weighted by Gasteiger charge is -2.38. The van der Waals surface area contributed by atoms with Gasteiger partial charge in [0, 0.05) is 11.8 Å². The van der Waals surface area contributed by atoms with Gasteiger partial charge in [0.05, 0.1) is 22.7 Å². The number of nitrogens with one attached hydrogen (secondary N) is 1. The fourth-order valence-electron chi connectivity index (χ4n) is 4.66. The van der Waals surface area contributed by atoms with Crippen molar-refractivity contribution in [3.05, 3.63) is 18.2 Å². The molecule has 132 valence electrons. The predicted molar refractivity (Wildman–Crippen MR) is 98.0 cm³/mol. The molecule has 5 nitrogen and oxygen atoms in total. The summed E-state index contributed by atoms with van der Waals surface area (Å²) in [7, 11) is 1.63. The number of hydrogen-bond donors (Lipinski definition) is 1. The Morgan fingerprint density at radius 3 is 2.64 bits per heavy atom. The third-order valence-electron chi connectivity index (χ3n) is 6.96. The zero-order valence-corrected chi connectivity index (χ0v) is 15.8. The van der Waals surface area contributed by atoms with E-state index in [4.69, 9.17) is 4.74 Å². The number of ether oxygens (including phenoxy) is 1. The highest BCUT2D eigenvalue weighted by molar-refractivity contribution is 7.22. The number of anilines is 1. The maximum atomic E-state index is 13.2. The topological polar surface area (TPSA) is 68.3 Å². The molecule has 4 rings (SSSR count). The molecule has 1 aromatic heterocycles. The SMILES string of the molecule is COc1ccc2nc(NC(=O)[C@]34CC[C@@](C)(C(=O)C3)C4(C)C)sc2c1. The summed E-state index contributed by atoms with van der Waals surface area (Å²) in [4.78, 5) is 30.2. The van der Waals surface area contributed by atoms with Gasteiger partial charge in [-0.15, -0.1) is 0 Å². The Morgan fingerprint density at radius 1 is 1.28 bits per heavy atom. The molecule has 1 heterocycles. The highest BCUT2D eigenvalue weighted by Gasteiger charge is 2.72. The molecular weight excluding hydrogens is 336 g/mol. The minimum atomic E-state index is -0.631. The van der Waals surface area contributed by atoms with E-state index in [1.54, 1.807) is 7.11 Å². The van der Waals surface area contributed by atoms with Crippen molar-refractivity contribution in [2.24, 2.45) is 16.2 Å². The molecule has 2 aliphatic rings. The largest absolute Gasteiger partial charge is 0.497 e. The number of fused-ring (bicyclic) bond motifs is 3. The third-order valence-corrected chi connectivity index (χ3v) is 7.89. The first-order chi connectivity index (χ1) is 11.7. The van der Waals surface area contributed by atoms with E-state index in [0.29, 0.717) is 11.6 Å². The molecule has 2 aliphatic carbocycles. The first kappa shape index (κ1) is 16.5. The smallest absolute Gasteiger partial charge is 0.233 e. The van der Waals surface area contributed by atoms with Gasteiger partial charge < -0.3 is 10.1 Å². The lowest BCUT2D eigenvalue weighted by molar-refractivity contribution is -0.131. The van der Waals surface area contributed by atoms with Crippen LogP contribution in [0.4, 0.5) is 5.13 Å². The lowest BCUT2D eigenvalue weighted by atomic mass is 9.64. The fourth-order valence-corrected chi connectivity index (χ4v) is 5.55. The average Bonchev–Trinajstić information content (AvgIpc) is 3.10. The monoisotopic (exact) mass is 358 g/mol. The molecule has 2 saturated carbocycles. The summed E-state index contributed by atoms with van der Waals surface area (Å²) >= 11 is 1.43. The molecule has 0 unspecified atom stereocenters. The summed E-state index contributed by atoms with van der Waals surface area (Å²) in [6.07, 6.45) is 1.87. The second-order valence-corrected chi connectivity index (χ2v) is 8.98. The van der Waals surface area contributed by atoms with E-state index in [9.17, 15) is 9.59 Å². The summed E-state index contributed by atoms with van der Waals surface area (Å²) in [6.45, 7) is 6.14. The Morgan fingerprint density at radius 2 is 2.04 bits per heavy atom. The van der Waals surface area contributed by atoms with Crippen LogP contribution in [0, 0.1) is 16.2 Å². The number of carbonyl (C=O) groups is 2. The lowest BCUT2D eigenvalue weighted by Crippen LogP contribution is -2.43.